The Morgan fingerprint density at radius 2 is 1.72 bits per heavy atom. The Morgan fingerprint density at radius 1 is 1.11 bits per heavy atom. The monoisotopic (exact) mass is 248 g/mol. The summed E-state index contributed by atoms with van der Waals surface area (Å²) in [5, 5.41) is 0. The van der Waals surface area contributed by atoms with Crippen LogP contribution in [0.15, 0.2) is 42.5 Å². The molecule has 0 unspecified atom stereocenters. The smallest absolute Gasteiger partial charge is 0.331 e. The van der Waals surface area contributed by atoms with Gasteiger partial charge >= 0.3 is 11.9 Å². The van der Waals surface area contributed by atoms with Crippen molar-refractivity contribution in [3.63, 3.8) is 0 Å². The maximum Gasteiger partial charge on any atom is 0.331 e. The van der Waals surface area contributed by atoms with Gasteiger partial charge in [-0.2, -0.15) is 0 Å². The van der Waals surface area contributed by atoms with E-state index in [9.17, 15) is 9.59 Å². The largest absolute Gasteiger partial charge is 0.460 e. The number of hydrogen-bond acceptors (Lipinski definition) is 4. The molecule has 0 amide bonds. The minimum absolute atomic E-state index is 0.184. The number of benzene rings is 1. The van der Waals surface area contributed by atoms with Crippen molar-refractivity contribution in [1.29, 1.82) is 0 Å². The van der Waals surface area contributed by atoms with Gasteiger partial charge in [-0.05, 0) is 19.4 Å². The average molecular weight is 248 g/mol. The summed E-state index contributed by atoms with van der Waals surface area (Å²) in [7, 11) is 0. The molecule has 0 aromatic heterocycles. The third-order valence-electron chi connectivity index (χ3n) is 1.93. The molecule has 0 atom stereocenters. The first-order chi connectivity index (χ1) is 8.58. The van der Waals surface area contributed by atoms with Gasteiger partial charge in [0.1, 0.15) is 6.61 Å². The minimum atomic E-state index is -0.570. The predicted octanol–water partition coefficient (Wildman–Crippen LogP) is 2.24. The van der Waals surface area contributed by atoms with Crippen LogP contribution in [0.5, 0.6) is 0 Å². The first kappa shape index (κ1) is 14.0. The van der Waals surface area contributed by atoms with Crippen LogP contribution in [-0.4, -0.2) is 18.0 Å². The molecule has 0 spiro atoms. The van der Waals surface area contributed by atoms with Crippen LogP contribution in [0.3, 0.4) is 0 Å². The minimum Gasteiger partial charge on any atom is -0.460 e. The van der Waals surface area contributed by atoms with Crippen molar-refractivity contribution in [3.05, 3.63) is 48.0 Å². The number of ether oxygens (including phenoxy) is 2. The van der Waals surface area contributed by atoms with E-state index in [2.05, 4.69) is 0 Å². The summed E-state index contributed by atoms with van der Waals surface area (Å²) >= 11 is 0. The van der Waals surface area contributed by atoms with E-state index in [4.69, 9.17) is 9.47 Å². The van der Waals surface area contributed by atoms with Crippen LogP contribution in [-0.2, 0) is 25.7 Å². The highest BCUT2D eigenvalue weighted by Gasteiger charge is 2.03. The molecule has 0 saturated heterocycles. The molecule has 1 aromatic rings. The second-order valence-electron chi connectivity index (χ2n) is 3.91. The third-order valence-corrected chi connectivity index (χ3v) is 1.93. The third kappa shape index (κ3) is 5.84. The second-order valence-corrected chi connectivity index (χ2v) is 3.91. The Hall–Kier alpha value is -2.10. The molecule has 0 bridgehead atoms. The summed E-state index contributed by atoms with van der Waals surface area (Å²) < 4.78 is 9.78. The molecule has 0 radical (unpaired) electrons. The van der Waals surface area contributed by atoms with Crippen molar-refractivity contribution < 1.29 is 19.1 Å². The van der Waals surface area contributed by atoms with E-state index in [-0.39, 0.29) is 12.7 Å². The lowest BCUT2D eigenvalue weighted by atomic mass is 10.2. The van der Waals surface area contributed by atoms with Crippen molar-refractivity contribution in [2.24, 2.45) is 0 Å². The van der Waals surface area contributed by atoms with E-state index in [0.717, 1.165) is 17.7 Å². The van der Waals surface area contributed by atoms with Gasteiger partial charge < -0.3 is 9.47 Å². The van der Waals surface area contributed by atoms with Gasteiger partial charge in [-0.25, -0.2) is 9.59 Å². The van der Waals surface area contributed by atoms with Crippen LogP contribution in [0.4, 0.5) is 0 Å². The molecule has 4 heteroatoms. The molecule has 0 aliphatic heterocycles. The van der Waals surface area contributed by atoms with Crippen molar-refractivity contribution in [2.45, 2.75) is 26.6 Å². The number of carbonyl (C=O) groups is 2. The quantitative estimate of drug-likeness (QED) is 0.592. The highest BCUT2D eigenvalue weighted by molar-refractivity contribution is 5.91. The van der Waals surface area contributed by atoms with E-state index in [1.165, 1.54) is 0 Å². The highest BCUT2D eigenvalue weighted by atomic mass is 16.5. The average Bonchev–Trinajstić information content (AvgIpc) is 2.34. The van der Waals surface area contributed by atoms with Crippen molar-refractivity contribution in [2.75, 3.05) is 0 Å². The summed E-state index contributed by atoms with van der Waals surface area (Å²) in [5.41, 5.74) is 0.893. The molecule has 0 fully saturated rings. The molecule has 0 aliphatic rings. The van der Waals surface area contributed by atoms with Crippen LogP contribution in [0.1, 0.15) is 19.4 Å². The fourth-order valence-electron chi connectivity index (χ4n) is 1.18. The first-order valence-electron chi connectivity index (χ1n) is 5.67. The van der Waals surface area contributed by atoms with Gasteiger partial charge in [0.05, 0.1) is 6.10 Å². The van der Waals surface area contributed by atoms with Crippen LogP contribution < -0.4 is 0 Å². The lowest BCUT2D eigenvalue weighted by Gasteiger charge is -2.04. The molecule has 0 aliphatic carbocycles. The molecular formula is C14H16O4. The molecule has 0 N–H and O–H groups in total. The van der Waals surface area contributed by atoms with Crippen LogP contribution >= 0.6 is 0 Å². The lowest BCUT2D eigenvalue weighted by molar-refractivity contribution is -0.143. The maximum atomic E-state index is 11.3. The zero-order chi connectivity index (χ0) is 13.4. The van der Waals surface area contributed by atoms with E-state index < -0.39 is 11.9 Å². The lowest BCUT2D eigenvalue weighted by Crippen LogP contribution is -2.09. The summed E-state index contributed by atoms with van der Waals surface area (Å²) in [6, 6.07) is 9.30. The molecular weight excluding hydrogens is 232 g/mol. The molecule has 1 aromatic carbocycles. The van der Waals surface area contributed by atoms with E-state index in [1.807, 2.05) is 30.3 Å². The van der Waals surface area contributed by atoms with Crippen molar-refractivity contribution in [1.82, 2.24) is 0 Å². The number of hydrogen-bond donors (Lipinski definition) is 0. The van der Waals surface area contributed by atoms with Gasteiger partial charge in [0.25, 0.3) is 0 Å². The van der Waals surface area contributed by atoms with E-state index >= 15 is 0 Å². The van der Waals surface area contributed by atoms with Gasteiger partial charge in [-0.15, -0.1) is 0 Å². The van der Waals surface area contributed by atoms with Gasteiger partial charge in [0, 0.05) is 12.2 Å². The summed E-state index contributed by atoms with van der Waals surface area (Å²) in [6.45, 7) is 3.65. The normalized spacial score (nSPS) is 10.6. The number of esters is 2. The second kappa shape index (κ2) is 7.27. The Labute approximate surface area is 106 Å². The van der Waals surface area contributed by atoms with Gasteiger partial charge in [0.2, 0.25) is 0 Å². The standard InChI is InChI=1S/C14H16O4/c1-11(2)18-14(16)9-8-13(15)17-10-12-6-4-3-5-7-12/h3-9,11H,10H2,1-2H3. The fourth-order valence-corrected chi connectivity index (χ4v) is 1.18. The van der Waals surface area contributed by atoms with Gasteiger partial charge in [0.15, 0.2) is 0 Å². The molecule has 4 nitrogen and oxygen atoms in total. The van der Waals surface area contributed by atoms with Crippen molar-refractivity contribution >= 4 is 11.9 Å². The van der Waals surface area contributed by atoms with Gasteiger partial charge in [-0.1, -0.05) is 30.3 Å². The van der Waals surface area contributed by atoms with Crippen LogP contribution in [0.2, 0.25) is 0 Å². The Balaban J connectivity index is 2.34. The summed E-state index contributed by atoms with van der Waals surface area (Å²) in [6.07, 6.45) is 1.92. The number of rotatable bonds is 5. The van der Waals surface area contributed by atoms with E-state index in [0.29, 0.717) is 0 Å². The van der Waals surface area contributed by atoms with Crippen molar-refractivity contribution in [3.8, 4) is 0 Å². The molecule has 0 heterocycles. The SMILES string of the molecule is CC(C)OC(=O)C=CC(=O)OCc1ccccc1. The summed E-state index contributed by atoms with van der Waals surface area (Å²) in [5.74, 6) is -1.12. The predicted molar refractivity (Wildman–Crippen MR) is 66.6 cm³/mol. The zero-order valence-electron chi connectivity index (χ0n) is 10.5. The topological polar surface area (TPSA) is 52.6 Å². The van der Waals surface area contributed by atoms with Crippen LogP contribution in [0, 0.1) is 0 Å². The van der Waals surface area contributed by atoms with E-state index in [1.54, 1.807) is 13.8 Å². The zero-order valence-corrected chi connectivity index (χ0v) is 10.5. The first-order valence-corrected chi connectivity index (χ1v) is 5.67. The highest BCUT2D eigenvalue weighted by Crippen LogP contribution is 2.01. The Bertz CT molecular complexity index is 421. The molecule has 18 heavy (non-hydrogen) atoms. The van der Waals surface area contributed by atoms with Gasteiger partial charge in [-0.3, -0.25) is 0 Å². The number of carbonyl (C=O) groups excluding carboxylic acids is 2. The molecule has 96 valence electrons. The molecule has 0 saturated carbocycles. The fraction of sp³-hybridized carbons (Fsp3) is 0.286. The molecule has 1 rings (SSSR count). The Morgan fingerprint density at radius 3 is 2.33 bits per heavy atom. The Kier molecular flexibility index (Phi) is 5.64. The maximum absolute atomic E-state index is 11.3. The van der Waals surface area contributed by atoms with Crippen LogP contribution in [0.25, 0.3) is 0 Å². The summed E-state index contributed by atoms with van der Waals surface area (Å²) in [4.78, 5) is 22.4.